The number of carbonyl (C=O) groups is 2. The molecule has 0 spiro atoms. The highest BCUT2D eigenvalue weighted by molar-refractivity contribution is 7.47. The van der Waals surface area contributed by atoms with Crippen molar-refractivity contribution in [3.8, 4) is 0 Å². The van der Waals surface area contributed by atoms with Gasteiger partial charge in [0.1, 0.15) is 19.8 Å². The molecule has 0 rings (SSSR count). The highest BCUT2D eigenvalue weighted by Crippen LogP contribution is 2.43. The third-order valence-electron chi connectivity index (χ3n) is 10.0. The molecule has 0 saturated heterocycles. The molecule has 348 valence electrons. The lowest BCUT2D eigenvalue weighted by Crippen LogP contribution is -2.37. The summed E-state index contributed by atoms with van der Waals surface area (Å²) < 4.78 is 34.4. The number of allylic oxidation sites excluding steroid dienone is 10. The molecule has 0 aromatic heterocycles. The Labute approximate surface area is 368 Å². The first-order valence-electron chi connectivity index (χ1n) is 24.0. The number of ether oxygens (including phenoxy) is 2. The van der Waals surface area contributed by atoms with Gasteiger partial charge in [0.15, 0.2) is 6.10 Å². The predicted octanol–water partition coefficient (Wildman–Crippen LogP) is 14.0. The number of esters is 2. The molecule has 1 N–H and O–H groups in total. The molecule has 0 amide bonds. The number of hydrogen-bond donors (Lipinski definition) is 1. The van der Waals surface area contributed by atoms with Gasteiger partial charge < -0.3 is 18.9 Å². The van der Waals surface area contributed by atoms with Crippen LogP contribution in [0.15, 0.2) is 60.8 Å². The van der Waals surface area contributed by atoms with Gasteiger partial charge in [0.25, 0.3) is 0 Å². The fraction of sp³-hybridized carbons (Fsp3) is 0.760. The number of phosphoric acid groups is 1. The number of likely N-dealkylation sites (N-methyl/N-ethyl adjacent to an activating group) is 1. The van der Waals surface area contributed by atoms with E-state index in [1.54, 1.807) is 0 Å². The SMILES string of the molecule is CCCCC/C=C/C/C=C/C/C=C/C/C=C/CCCCCC(=O)O[C@H](COC(=O)CCCCCCCCCCC/C=C/CCCCCC)COP(=O)(O)OCC[N+](C)(C)C. The van der Waals surface area contributed by atoms with Gasteiger partial charge in [-0.15, -0.1) is 0 Å². The molecule has 0 aromatic rings. The van der Waals surface area contributed by atoms with Gasteiger partial charge in [0.05, 0.1) is 27.7 Å². The summed E-state index contributed by atoms with van der Waals surface area (Å²) in [5.41, 5.74) is 0. The zero-order valence-electron chi connectivity index (χ0n) is 39.2. The van der Waals surface area contributed by atoms with Crippen LogP contribution in [0.3, 0.4) is 0 Å². The van der Waals surface area contributed by atoms with Crippen LogP contribution in [0.4, 0.5) is 0 Å². The smallest absolute Gasteiger partial charge is 0.462 e. The second kappa shape index (κ2) is 42.0. The molecule has 0 aliphatic heterocycles. The molecule has 60 heavy (non-hydrogen) atoms. The van der Waals surface area contributed by atoms with Crippen molar-refractivity contribution in [1.82, 2.24) is 0 Å². The summed E-state index contributed by atoms with van der Waals surface area (Å²) in [4.78, 5) is 35.5. The minimum atomic E-state index is -4.39. The van der Waals surface area contributed by atoms with Crippen molar-refractivity contribution in [2.75, 3.05) is 47.5 Å². The van der Waals surface area contributed by atoms with Crippen molar-refractivity contribution in [2.45, 2.75) is 200 Å². The van der Waals surface area contributed by atoms with Crippen LogP contribution in [0.2, 0.25) is 0 Å². The zero-order chi connectivity index (χ0) is 44.3. The molecule has 10 heteroatoms. The maximum absolute atomic E-state index is 12.7. The molecule has 9 nitrogen and oxygen atoms in total. The molecular weight excluding hydrogens is 774 g/mol. The second-order valence-electron chi connectivity index (χ2n) is 17.1. The molecule has 0 aliphatic rings. The molecule has 0 radical (unpaired) electrons. The van der Waals surface area contributed by atoms with Crippen molar-refractivity contribution < 1.29 is 42.1 Å². The number of rotatable bonds is 43. The maximum atomic E-state index is 12.7. The van der Waals surface area contributed by atoms with Gasteiger partial charge in [0, 0.05) is 12.8 Å². The fourth-order valence-electron chi connectivity index (χ4n) is 6.23. The van der Waals surface area contributed by atoms with Crippen molar-refractivity contribution in [2.24, 2.45) is 0 Å². The third kappa shape index (κ3) is 45.2. The minimum Gasteiger partial charge on any atom is -0.462 e. The van der Waals surface area contributed by atoms with Crippen LogP contribution >= 0.6 is 7.82 Å². The average molecular weight is 865 g/mol. The van der Waals surface area contributed by atoms with Crippen LogP contribution in [-0.4, -0.2) is 74.9 Å². The predicted molar refractivity (Wildman–Crippen MR) is 252 cm³/mol. The van der Waals surface area contributed by atoms with Gasteiger partial charge in [-0.2, -0.15) is 0 Å². The first-order chi connectivity index (χ1) is 29.0. The lowest BCUT2D eigenvalue weighted by molar-refractivity contribution is -0.870. The molecular formula is C50H91NO8P+. The van der Waals surface area contributed by atoms with E-state index in [2.05, 4.69) is 74.6 Å². The summed E-state index contributed by atoms with van der Waals surface area (Å²) in [6, 6.07) is 0. The maximum Gasteiger partial charge on any atom is 0.472 e. The van der Waals surface area contributed by atoms with E-state index in [0.717, 1.165) is 57.8 Å². The van der Waals surface area contributed by atoms with Crippen LogP contribution in [0.1, 0.15) is 194 Å². The summed E-state index contributed by atoms with van der Waals surface area (Å²) in [6.07, 6.45) is 51.2. The summed E-state index contributed by atoms with van der Waals surface area (Å²) in [5, 5.41) is 0. The summed E-state index contributed by atoms with van der Waals surface area (Å²) >= 11 is 0. The largest absolute Gasteiger partial charge is 0.472 e. The zero-order valence-corrected chi connectivity index (χ0v) is 40.1. The molecule has 0 aromatic carbocycles. The highest BCUT2D eigenvalue weighted by atomic mass is 31.2. The van der Waals surface area contributed by atoms with E-state index in [9.17, 15) is 19.0 Å². The average Bonchev–Trinajstić information content (AvgIpc) is 3.20. The molecule has 2 atom stereocenters. The Kier molecular flexibility index (Phi) is 40.4. The molecule has 0 fully saturated rings. The molecule has 0 heterocycles. The van der Waals surface area contributed by atoms with E-state index >= 15 is 0 Å². The molecule has 0 aliphatic carbocycles. The van der Waals surface area contributed by atoms with Crippen LogP contribution in [-0.2, 0) is 32.7 Å². The number of quaternary nitrogens is 1. The van der Waals surface area contributed by atoms with E-state index in [-0.39, 0.29) is 32.0 Å². The van der Waals surface area contributed by atoms with Gasteiger partial charge in [0.2, 0.25) is 0 Å². The first kappa shape index (κ1) is 57.7. The summed E-state index contributed by atoms with van der Waals surface area (Å²) in [7, 11) is 1.45. The van der Waals surface area contributed by atoms with Crippen LogP contribution in [0, 0.1) is 0 Å². The van der Waals surface area contributed by atoms with E-state index < -0.39 is 26.5 Å². The number of carbonyl (C=O) groups excluding carboxylic acids is 2. The van der Waals surface area contributed by atoms with Crippen LogP contribution in [0.5, 0.6) is 0 Å². The van der Waals surface area contributed by atoms with E-state index in [1.165, 1.54) is 103 Å². The van der Waals surface area contributed by atoms with Gasteiger partial charge in [-0.25, -0.2) is 4.57 Å². The Balaban J connectivity index is 4.38. The second-order valence-corrected chi connectivity index (χ2v) is 18.6. The Hall–Kier alpha value is -2.29. The van der Waals surface area contributed by atoms with E-state index in [0.29, 0.717) is 17.4 Å². The third-order valence-corrected chi connectivity index (χ3v) is 11.0. The summed E-state index contributed by atoms with van der Waals surface area (Å²) in [5.74, 6) is -0.838. The van der Waals surface area contributed by atoms with Crippen molar-refractivity contribution in [3.63, 3.8) is 0 Å². The molecule has 0 bridgehead atoms. The number of nitrogens with zero attached hydrogens (tertiary/aromatic N) is 1. The van der Waals surface area contributed by atoms with E-state index in [4.69, 9.17) is 18.5 Å². The van der Waals surface area contributed by atoms with Crippen LogP contribution in [0.25, 0.3) is 0 Å². The monoisotopic (exact) mass is 865 g/mol. The van der Waals surface area contributed by atoms with Crippen molar-refractivity contribution >= 4 is 19.8 Å². The first-order valence-corrected chi connectivity index (χ1v) is 25.5. The van der Waals surface area contributed by atoms with Gasteiger partial charge in [-0.3, -0.25) is 18.6 Å². The lowest BCUT2D eigenvalue weighted by Gasteiger charge is -2.24. The normalized spacial score (nSPS) is 14.0. The Morgan fingerprint density at radius 1 is 0.517 bits per heavy atom. The Morgan fingerprint density at radius 2 is 0.900 bits per heavy atom. The summed E-state index contributed by atoms with van der Waals surface area (Å²) in [6.45, 7) is 4.34. The number of unbranched alkanes of at least 4 members (excludes halogenated alkanes) is 19. The van der Waals surface area contributed by atoms with E-state index in [1.807, 2.05) is 21.1 Å². The molecule has 1 unspecified atom stereocenters. The van der Waals surface area contributed by atoms with Crippen LogP contribution < -0.4 is 0 Å². The van der Waals surface area contributed by atoms with Gasteiger partial charge in [-0.05, 0) is 83.5 Å². The quantitative estimate of drug-likeness (QED) is 0.0212. The van der Waals surface area contributed by atoms with Crippen molar-refractivity contribution in [1.29, 1.82) is 0 Å². The topological polar surface area (TPSA) is 108 Å². The van der Waals surface area contributed by atoms with Crippen molar-refractivity contribution in [3.05, 3.63) is 60.8 Å². The molecule has 0 saturated carbocycles. The Morgan fingerprint density at radius 3 is 1.40 bits per heavy atom. The fourth-order valence-corrected chi connectivity index (χ4v) is 6.97. The van der Waals surface area contributed by atoms with Gasteiger partial charge >= 0.3 is 19.8 Å². The number of phosphoric ester groups is 1. The minimum absolute atomic E-state index is 0.0228. The Bertz CT molecular complexity index is 1210. The highest BCUT2D eigenvalue weighted by Gasteiger charge is 2.27. The lowest BCUT2D eigenvalue weighted by atomic mass is 10.1. The number of hydrogen-bond acceptors (Lipinski definition) is 7. The standard InChI is InChI=1S/C50H90NO8P/c1-6-8-10-12-14-16-18-20-22-24-25-27-29-31-33-35-37-39-41-43-50(53)59-48(47-58-60(54,55)57-45-44-51(3,4)5)46-56-49(52)42-40-38-36-34-32-30-28-26-23-21-19-17-15-13-11-9-7-2/h14,16-17,19-20,22,25,27,31,33,48H,6-13,15,18,21,23-24,26,28-30,32,34-47H2,1-5H3/p+1/b16-14+,19-17+,22-20+,27-25+,33-31+/t48-/m1/s1. The van der Waals surface area contributed by atoms with Gasteiger partial charge in [-0.1, -0.05) is 158 Å².